The van der Waals surface area contributed by atoms with E-state index in [4.69, 9.17) is 5.11 Å². The van der Waals surface area contributed by atoms with Crippen molar-refractivity contribution in [3.8, 4) is 0 Å². The molecule has 0 saturated carbocycles. The Balaban J connectivity index is 0. The molecule has 0 unspecified atom stereocenters. The summed E-state index contributed by atoms with van der Waals surface area (Å²) < 4.78 is 0. The fourth-order valence-corrected chi connectivity index (χ4v) is 3.21. The predicted molar refractivity (Wildman–Crippen MR) is 74.4 cm³/mol. The van der Waals surface area contributed by atoms with Crippen LogP contribution in [0, 0.1) is 0 Å². The molecule has 0 fully saturated rings. The lowest BCUT2D eigenvalue weighted by Gasteiger charge is -1.97. The van der Waals surface area contributed by atoms with E-state index in [1.807, 2.05) is 0 Å². The summed E-state index contributed by atoms with van der Waals surface area (Å²) in [4.78, 5) is 31.0. The van der Waals surface area contributed by atoms with Crippen LogP contribution >= 0.6 is 0 Å². The van der Waals surface area contributed by atoms with Crippen molar-refractivity contribution in [2.75, 3.05) is 0 Å². The van der Waals surface area contributed by atoms with Crippen LogP contribution in [0.5, 0.6) is 0 Å². The van der Waals surface area contributed by atoms with Gasteiger partial charge in [0.15, 0.2) is 0 Å². The first-order valence-corrected chi connectivity index (χ1v) is 9.05. The van der Waals surface area contributed by atoms with Gasteiger partial charge in [0, 0.05) is 6.42 Å². The molecular weight excluding hydrogens is 247 g/mol. The van der Waals surface area contributed by atoms with Crippen molar-refractivity contribution in [3.63, 3.8) is 0 Å². The first-order valence-electron chi connectivity index (χ1n) is 6.60. The maximum Gasteiger partial charge on any atom is 0.303 e. The van der Waals surface area contributed by atoms with E-state index in [2.05, 4.69) is 20.8 Å². The van der Waals surface area contributed by atoms with Gasteiger partial charge in [-0.1, -0.05) is 36.6 Å². The Hall–Kier alpha value is -0.658. The molecule has 4 nitrogen and oxygen atoms in total. The minimum Gasteiger partial charge on any atom is -0.481 e. The van der Waals surface area contributed by atoms with Gasteiger partial charge in [0.1, 0.15) is 11.6 Å². The molecule has 104 valence electrons. The molecule has 0 aliphatic heterocycles. The molecule has 5 heteroatoms. The van der Waals surface area contributed by atoms with Crippen molar-refractivity contribution in [1.29, 1.82) is 0 Å². The molecule has 0 spiro atoms. The van der Waals surface area contributed by atoms with Gasteiger partial charge < -0.3 is 5.11 Å². The molecule has 0 radical (unpaired) electrons. The van der Waals surface area contributed by atoms with Gasteiger partial charge in [-0.05, 0) is 6.92 Å². The normalized spacial score (nSPS) is 9.11. The highest BCUT2D eigenvalue weighted by Gasteiger charge is 2.07. The van der Waals surface area contributed by atoms with Gasteiger partial charge in [0.2, 0.25) is 0 Å². The number of carbonyl (C=O) groups is 3. The van der Waals surface area contributed by atoms with Gasteiger partial charge in [-0.2, -0.15) is 0 Å². The van der Waals surface area contributed by atoms with Crippen LogP contribution in [0.2, 0.25) is 15.8 Å². The third-order valence-corrected chi connectivity index (χ3v) is 6.26. The van der Waals surface area contributed by atoms with Crippen LogP contribution in [-0.2, 0) is 14.4 Å². The lowest BCUT2D eigenvalue weighted by molar-refractivity contribution is -0.139. The zero-order valence-electron chi connectivity index (χ0n) is 12.0. The van der Waals surface area contributed by atoms with Crippen molar-refractivity contribution in [1.82, 2.24) is 0 Å². The Morgan fingerprint density at radius 1 is 0.944 bits per heavy atom. The van der Waals surface area contributed by atoms with Gasteiger partial charge in [-0.3, -0.25) is 14.4 Å². The topological polar surface area (TPSA) is 71.4 Å². The molecule has 0 aliphatic carbocycles. The van der Waals surface area contributed by atoms with Crippen LogP contribution in [0.15, 0.2) is 0 Å². The largest absolute Gasteiger partial charge is 0.481 e. The minimum absolute atomic E-state index is 0.0467. The predicted octanol–water partition coefficient (Wildman–Crippen LogP) is 2.94. The number of carbonyl (C=O) groups excluding carboxylic acids is 2. The molecule has 18 heavy (non-hydrogen) atoms. The zero-order valence-corrected chi connectivity index (χ0v) is 13.1. The van der Waals surface area contributed by atoms with Gasteiger partial charge in [0.25, 0.3) is 14.1 Å². The number of carboxylic acid groups (broad SMARTS) is 1. The summed E-state index contributed by atoms with van der Waals surface area (Å²) in [6.07, 6.45) is -0.381. The fraction of sp³-hybridized carbons (Fsp3) is 0.769. The van der Waals surface area contributed by atoms with E-state index in [-0.39, 0.29) is 45.0 Å². The van der Waals surface area contributed by atoms with Crippen molar-refractivity contribution in [2.24, 2.45) is 0 Å². The molecule has 0 aliphatic rings. The van der Waals surface area contributed by atoms with E-state index in [1.165, 1.54) is 22.8 Å². The maximum atomic E-state index is 10.7. The fourth-order valence-electron chi connectivity index (χ4n) is 1.48. The average Bonchev–Trinajstić information content (AvgIpc) is 2.29. The van der Waals surface area contributed by atoms with E-state index in [9.17, 15) is 14.4 Å². The summed E-state index contributed by atoms with van der Waals surface area (Å²) in [5.41, 5.74) is 0. The van der Waals surface area contributed by atoms with E-state index in [1.54, 1.807) is 0 Å². The van der Waals surface area contributed by atoms with Crippen LogP contribution < -0.4 is 0 Å². The van der Waals surface area contributed by atoms with Crippen molar-refractivity contribution >= 4 is 31.7 Å². The number of rotatable bonds is 8. The van der Waals surface area contributed by atoms with Crippen molar-refractivity contribution in [3.05, 3.63) is 0 Å². The zero-order chi connectivity index (χ0) is 14.6. The summed E-state index contributed by atoms with van der Waals surface area (Å²) in [6.45, 7) is 8.27. The monoisotopic (exact) mass is 272 g/mol. The van der Waals surface area contributed by atoms with Crippen LogP contribution in [-0.4, -0.2) is 36.8 Å². The third-order valence-electron chi connectivity index (χ3n) is 2.80. The maximum absolute atomic E-state index is 10.7. The molecular formula is C13H25AlO4. The van der Waals surface area contributed by atoms with Gasteiger partial charge in [-0.25, -0.2) is 0 Å². The lowest BCUT2D eigenvalue weighted by atomic mass is 10.1. The van der Waals surface area contributed by atoms with E-state index in [0.29, 0.717) is 0 Å². The van der Waals surface area contributed by atoms with E-state index < -0.39 is 5.97 Å². The van der Waals surface area contributed by atoms with E-state index in [0.717, 1.165) is 0 Å². The smallest absolute Gasteiger partial charge is 0.303 e. The van der Waals surface area contributed by atoms with Gasteiger partial charge >= 0.3 is 5.97 Å². The van der Waals surface area contributed by atoms with Crippen LogP contribution in [0.25, 0.3) is 0 Å². The number of Topliss-reactive ketones (excluding diaryl/α,β-unsaturated/α-hetero) is 2. The molecule has 0 aromatic rings. The molecule has 0 atom stereocenters. The molecule has 0 aromatic carbocycles. The molecule has 1 N–H and O–H groups in total. The number of ketones is 2. The number of hydrogen-bond acceptors (Lipinski definition) is 3. The number of aliphatic carboxylic acids is 1. The third kappa shape index (κ3) is 15.3. The van der Waals surface area contributed by atoms with Crippen molar-refractivity contribution in [2.45, 2.75) is 62.8 Å². The second-order valence-electron chi connectivity index (χ2n) is 4.40. The Bertz CT molecular complexity index is 254. The van der Waals surface area contributed by atoms with Gasteiger partial charge in [0.05, 0.1) is 12.8 Å². The summed E-state index contributed by atoms with van der Waals surface area (Å²) in [7, 11) is 0. The van der Waals surface area contributed by atoms with Gasteiger partial charge in [-0.15, -0.1) is 0 Å². The first kappa shape index (κ1) is 19.7. The van der Waals surface area contributed by atoms with E-state index >= 15 is 0 Å². The number of hydrogen-bond donors (Lipinski definition) is 1. The molecule has 0 saturated heterocycles. The lowest BCUT2D eigenvalue weighted by Crippen LogP contribution is -2.06. The van der Waals surface area contributed by atoms with Crippen LogP contribution in [0.1, 0.15) is 47.0 Å². The summed E-state index contributed by atoms with van der Waals surface area (Å²) in [6, 6.07) is 0. The van der Waals surface area contributed by atoms with Crippen molar-refractivity contribution < 1.29 is 19.5 Å². The Morgan fingerprint density at radius 3 is 1.61 bits per heavy atom. The Kier molecular flexibility index (Phi) is 14.0. The molecule has 0 rings (SSSR count). The average molecular weight is 272 g/mol. The molecule has 0 amide bonds. The number of carboxylic acids is 1. The molecule has 0 heterocycles. The quantitative estimate of drug-likeness (QED) is 0.544. The van der Waals surface area contributed by atoms with Crippen LogP contribution in [0.3, 0.4) is 0 Å². The second kappa shape index (κ2) is 12.8. The standard InChI is InChI=1S/C7H10O4.3C2H5.Al/c1-5(8)4-6(9)2-3-7(10)11;3*1-2;/h2-4H2,1H3,(H,10,11);3*1H2,2H3;. The second-order valence-corrected chi connectivity index (χ2v) is 8.58. The highest BCUT2D eigenvalue weighted by molar-refractivity contribution is 6.58. The summed E-state index contributed by atoms with van der Waals surface area (Å²) in [5.74, 6) is -1.54. The summed E-state index contributed by atoms with van der Waals surface area (Å²) in [5, 5.41) is 12.6. The molecule has 0 aromatic heterocycles. The SMILES string of the molecule is CC(=O)CC(=O)CCC(=O)O.C[CH2][Al]([CH2]C)[CH2]C. The highest BCUT2D eigenvalue weighted by Crippen LogP contribution is 2.01. The highest BCUT2D eigenvalue weighted by atomic mass is 27.2. The summed E-state index contributed by atoms with van der Waals surface area (Å²) >= 11 is -0.171. The Morgan fingerprint density at radius 2 is 1.39 bits per heavy atom. The van der Waals surface area contributed by atoms with Crippen LogP contribution in [0.4, 0.5) is 0 Å². The Labute approximate surface area is 114 Å². The molecule has 0 bridgehead atoms. The minimum atomic E-state index is -1.01. The first-order chi connectivity index (χ1) is 8.37.